The molecule has 4 fully saturated rings. The predicted molar refractivity (Wildman–Crippen MR) is 98.1 cm³/mol. The van der Waals surface area contributed by atoms with Crippen molar-refractivity contribution in [1.29, 1.82) is 0 Å². The Morgan fingerprint density at radius 3 is 2.52 bits per heavy atom. The Bertz CT molecular complexity index is 555. The normalized spacial score (nSPS) is 55.4. The van der Waals surface area contributed by atoms with Crippen molar-refractivity contribution >= 4 is 5.78 Å². The Morgan fingerprint density at radius 2 is 1.80 bits per heavy atom. The summed E-state index contributed by atoms with van der Waals surface area (Å²) in [7, 11) is 1.72. The predicted octanol–water partition coefficient (Wildman–Crippen LogP) is 4.22. The molecule has 0 bridgehead atoms. The van der Waals surface area contributed by atoms with Crippen molar-refractivity contribution in [3.05, 3.63) is 0 Å². The van der Waals surface area contributed by atoms with Crippen LogP contribution in [0, 0.1) is 40.4 Å². The van der Waals surface area contributed by atoms with E-state index in [1.54, 1.807) is 7.11 Å². The highest BCUT2D eigenvalue weighted by molar-refractivity contribution is 5.82. The van der Waals surface area contributed by atoms with Gasteiger partial charge < -0.3 is 9.84 Å². The van der Waals surface area contributed by atoms with Crippen LogP contribution in [0.25, 0.3) is 0 Å². The summed E-state index contributed by atoms with van der Waals surface area (Å²) in [5, 5.41) is 11.0. The molecule has 142 valence electrons. The summed E-state index contributed by atoms with van der Waals surface area (Å²) in [5.74, 6) is 3.24. The highest BCUT2D eigenvalue weighted by Gasteiger charge is 2.63. The van der Waals surface area contributed by atoms with Gasteiger partial charge in [-0.2, -0.15) is 0 Å². The van der Waals surface area contributed by atoms with Gasteiger partial charge in [0.1, 0.15) is 5.78 Å². The fourth-order valence-corrected chi connectivity index (χ4v) is 7.84. The SMILES string of the molecule is COC[C@H]1C[C@@]2(C)[C@@H](CC[C@@H]3[C@@H]2CC[C@@]2(C)[C@H]3CC[C@]2(C)O)CC1=O. The van der Waals surface area contributed by atoms with Crippen molar-refractivity contribution in [1.82, 2.24) is 0 Å². The summed E-state index contributed by atoms with van der Waals surface area (Å²) in [4.78, 5) is 12.5. The monoisotopic (exact) mass is 348 g/mol. The number of ether oxygens (including phenoxy) is 1. The highest BCUT2D eigenvalue weighted by atomic mass is 16.5. The summed E-state index contributed by atoms with van der Waals surface area (Å²) < 4.78 is 5.37. The Balaban J connectivity index is 1.62. The number of Topliss-reactive ketones (excluding diaryl/α,β-unsaturated/α-hetero) is 1. The molecule has 4 rings (SSSR count). The van der Waals surface area contributed by atoms with E-state index in [1.807, 2.05) is 0 Å². The number of ketones is 1. The van der Waals surface area contributed by atoms with Crippen LogP contribution in [0.1, 0.15) is 72.1 Å². The molecule has 4 aliphatic carbocycles. The maximum absolute atomic E-state index is 12.5. The molecule has 8 atom stereocenters. The number of carbonyl (C=O) groups excluding carboxylic acids is 1. The molecule has 0 spiro atoms. The molecule has 0 aromatic heterocycles. The van der Waals surface area contributed by atoms with E-state index < -0.39 is 5.60 Å². The van der Waals surface area contributed by atoms with Gasteiger partial charge in [0.15, 0.2) is 0 Å². The number of aliphatic hydroxyl groups is 1. The first-order chi connectivity index (χ1) is 11.7. The third kappa shape index (κ3) is 2.41. The minimum absolute atomic E-state index is 0.0911. The summed E-state index contributed by atoms with van der Waals surface area (Å²) >= 11 is 0. The molecular weight excluding hydrogens is 312 g/mol. The maximum atomic E-state index is 12.5. The van der Waals surface area contributed by atoms with E-state index in [2.05, 4.69) is 20.8 Å². The Kier molecular flexibility index (Phi) is 4.16. The van der Waals surface area contributed by atoms with E-state index in [9.17, 15) is 9.90 Å². The zero-order valence-corrected chi connectivity index (χ0v) is 16.5. The van der Waals surface area contributed by atoms with Gasteiger partial charge in [-0.3, -0.25) is 4.79 Å². The van der Waals surface area contributed by atoms with Gasteiger partial charge in [0, 0.05) is 19.4 Å². The van der Waals surface area contributed by atoms with E-state index in [-0.39, 0.29) is 16.7 Å². The minimum atomic E-state index is -0.499. The Labute approximate surface area is 152 Å². The van der Waals surface area contributed by atoms with Gasteiger partial charge >= 0.3 is 0 Å². The van der Waals surface area contributed by atoms with E-state index >= 15 is 0 Å². The van der Waals surface area contributed by atoms with Gasteiger partial charge in [0.05, 0.1) is 12.2 Å². The topological polar surface area (TPSA) is 46.5 Å². The Hall–Kier alpha value is -0.410. The summed E-state index contributed by atoms with van der Waals surface area (Å²) in [6.45, 7) is 7.51. The lowest BCUT2D eigenvalue weighted by Gasteiger charge is -2.61. The van der Waals surface area contributed by atoms with Gasteiger partial charge in [-0.25, -0.2) is 0 Å². The van der Waals surface area contributed by atoms with Crippen LogP contribution in [0.15, 0.2) is 0 Å². The maximum Gasteiger partial charge on any atom is 0.138 e. The van der Waals surface area contributed by atoms with Crippen molar-refractivity contribution in [3.8, 4) is 0 Å². The van der Waals surface area contributed by atoms with Crippen LogP contribution in [-0.2, 0) is 9.53 Å². The standard InChI is InChI=1S/C22H36O3/c1-20-12-14(13-25-4)19(23)11-15(20)5-6-16-17(20)7-9-21(2)18(16)8-10-22(21,3)24/h14-18,24H,5-13H2,1-4H3/t14-,15+,16-,17+,18+,20+,21+,22+/m1/s1. The fraction of sp³-hybridized carbons (Fsp3) is 0.955. The molecule has 3 heteroatoms. The van der Waals surface area contributed by atoms with Crippen LogP contribution in [0.3, 0.4) is 0 Å². The van der Waals surface area contributed by atoms with E-state index in [4.69, 9.17) is 4.74 Å². The molecule has 1 N–H and O–H groups in total. The molecule has 0 unspecified atom stereocenters. The molecule has 3 nitrogen and oxygen atoms in total. The number of methoxy groups -OCH3 is 1. The lowest BCUT2D eigenvalue weighted by molar-refractivity contribution is -0.161. The van der Waals surface area contributed by atoms with Crippen molar-refractivity contribution < 1.29 is 14.6 Å². The van der Waals surface area contributed by atoms with Crippen LogP contribution >= 0.6 is 0 Å². The first kappa shape index (κ1) is 18.0. The molecule has 0 radical (unpaired) electrons. The molecule has 0 aromatic carbocycles. The summed E-state index contributed by atoms with van der Waals surface area (Å²) in [6.07, 6.45) is 8.79. The highest BCUT2D eigenvalue weighted by Crippen LogP contribution is 2.68. The number of rotatable bonds is 2. The van der Waals surface area contributed by atoms with Crippen LogP contribution in [0.4, 0.5) is 0 Å². The number of carbonyl (C=O) groups is 1. The molecule has 4 aliphatic rings. The molecule has 0 heterocycles. The third-order valence-electron chi connectivity index (χ3n) is 9.58. The lowest BCUT2D eigenvalue weighted by Crippen LogP contribution is -2.57. The molecule has 4 saturated carbocycles. The zero-order valence-electron chi connectivity index (χ0n) is 16.5. The van der Waals surface area contributed by atoms with E-state index in [0.717, 1.165) is 37.5 Å². The van der Waals surface area contributed by atoms with Crippen LogP contribution in [0.5, 0.6) is 0 Å². The van der Waals surface area contributed by atoms with Gasteiger partial charge in [-0.05, 0) is 86.4 Å². The van der Waals surface area contributed by atoms with Gasteiger partial charge in [0.2, 0.25) is 0 Å². The molecular formula is C22H36O3. The quantitative estimate of drug-likeness (QED) is 0.812. The third-order valence-corrected chi connectivity index (χ3v) is 9.58. The molecule has 25 heavy (non-hydrogen) atoms. The van der Waals surface area contributed by atoms with E-state index in [0.29, 0.717) is 24.2 Å². The smallest absolute Gasteiger partial charge is 0.138 e. The largest absolute Gasteiger partial charge is 0.390 e. The van der Waals surface area contributed by atoms with Crippen LogP contribution in [-0.4, -0.2) is 30.2 Å². The second-order valence-electron chi connectivity index (χ2n) is 10.5. The zero-order chi connectivity index (χ0) is 18.0. The fourth-order valence-electron chi connectivity index (χ4n) is 7.84. The number of hydrogen-bond donors (Lipinski definition) is 1. The summed E-state index contributed by atoms with van der Waals surface area (Å²) in [6, 6.07) is 0. The molecule has 0 aromatic rings. The van der Waals surface area contributed by atoms with Crippen molar-refractivity contribution in [2.75, 3.05) is 13.7 Å². The molecule has 0 amide bonds. The van der Waals surface area contributed by atoms with Crippen molar-refractivity contribution in [2.24, 2.45) is 40.4 Å². The Morgan fingerprint density at radius 1 is 1.08 bits per heavy atom. The average Bonchev–Trinajstić information content (AvgIpc) is 2.79. The average molecular weight is 349 g/mol. The lowest BCUT2D eigenvalue weighted by atomic mass is 9.44. The van der Waals surface area contributed by atoms with Crippen molar-refractivity contribution in [3.63, 3.8) is 0 Å². The first-order valence-electron chi connectivity index (χ1n) is 10.5. The number of fused-ring (bicyclic) bond motifs is 5. The van der Waals surface area contributed by atoms with Gasteiger partial charge in [-0.15, -0.1) is 0 Å². The van der Waals surface area contributed by atoms with Gasteiger partial charge in [-0.1, -0.05) is 13.8 Å². The first-order valence-corrected chi connectivity index (χ1v) is 10.5. The summed E-state index contributed by atoms with van der Waals surface area (Å²) in [5.41, 5.74) is -0.120. The number of hydrogen-bond acceptors (Lipinski definition) is 3. The molecule has 0 aliphatic heterocycles. The second-order valence-corrected chi connectivity index (χ2v) is 10.5. The minimum Gasteiger partial charge on any atom is -0.390 e. The van der Waals surface area contributed by atoms with E-state index in [1.165, 1.54) is 25.7 Å². The van der Waals surface area contributed by atoms with Crippen LogP contribution in [0.2, 0.25) is 0 Å². The molecule has 0 saturated heterocycles. The van der Waals surface area contributed by atoms with Crippen LogP contribution < -0.4 is 0 Å². The second kappa shape index (κ2) is 5.79. The van der Waals surface area contributed by atoms with Crippen molar-refractivity contribution in [2.45, 2.75) is 77.7 Å². The van der Waals surface area contributed by atoms with Gasteiger partial charge in [0.25, 0.3) is 0 Å².